The molecule has 0 aromatic carbocycles. The summed E-state index contributed by atoms with van der Waals surface area (Å²) in [6.07, 6.45) is 13.5. The molecule has 5 heteroatoms. The Morgan fingerprint density at radius 3 is 1.90 bits per heavy atom. The van der Waals surface area contributed by atoms with Crippen molar-refractivity contribution in [3.8, 4) is 0 Å². The number of likely N-dealkylation sites (N-methyl/N-ethyl adjacent to an activating group) is 1. The van der Waals surface area contributed by atoms with Crippen LogP contribution in [0.2, 0.25) is 0 Å². The van der Waals surface area contributed by atoms with Crippen molar-refractivity contribution in [1.82, 2.24) is 4.90 Å². The second kappa shape index (κ2) is 18.5. The lowest BCUT2D eigenvalue weighted by Crippen LogP contribution is -2.47. The Kier molecular flexibility index (Phi) is 17.7. The first-order valence-electron chi connectivity index (χ1n) is 12.4. The van der Waals surface area contributed by atoms with Gasteiger partial charge in [0.2, 0.25) is 0 Å². The lowest BCUT2D eigenvalue weighted by Gasteiger charge is -2.29. The summed E-state index contributed by atoms with van der Waals surface area (Å²) in [5, 5.41) is 0. The van der Waals surface area contributed by atoms with E-state index in [1.54, 1.807) is 7.05 Å². The molecule has 0 fully saturated rings. The number of unbranched alkanes of at least 4 members (excludes halogenated alkanes) is 8. The van der Waals surface area contributed by atoms with E-state index in [-0.39, 0.29) is 11.9 Å². The summed E-state index contributed by atoms with van der Waals surface area (Å²) in [5.74, 6) is 0.0230. The van der Waals surface area contributed by atoms with Gasteiger partial charge in [0.25, 0.3) is 0 Å². The van der Waals surface area contributed by atoms with E-state index >= 15 is 0 Å². The molecule has 30 heavy (non-hydrogen) atoms. The van der Waals surface area contributed by atoms with Crippen LogP contribution < -0.4 is 0 Å². The molecule has 0 heterocycles. The quantitative estimate of drug-likeness (QED) is 0.175. The van der Waals surface area contributed by atoms with E-state index in [9.17, 15) is 9.59 Å². The molecule has 1 amide bonds. The summed E-state index contributed by atoms with van der Waals surface area (Å²) in [6.45, 7) is 11.2. The van der Waals surface area contributed by atoms with Gasteiger partial charge in [-0.2, -0.15) is 0 Å². The first-order chi connectivity index (χ1) is 14.4. The van der Waals surface area contributed by atoms with Crippen LogP contribution >= 0.6 is 0 Å². The second-order valence-corrected chi connectivity index (χ2v) is 8.94. The standard InChI is InChI=1S/C25H49NO4/c1-7-10-12-13-14-15-16-17-19-29-24(27)23(21(4)5)26(6)25(28)30-20-22(9-3)18-11-8-2/h21-23H,7-20H2,1-6H3. The van der Waals surface area contributed by atoms with Crippen LogP contribution in [-0.2, 0) is 14.3 Å². The Bertz CT molecular complexity index is 439. The monoisotopic (exact) mass is 427 g/mol. The maximum atomic E-state index is 12.6. The Morgan fingerprint density at radius 1 is 0.800 bits per heavy atom. The SMILES string of the molecule is CCCCCCCCCCOC(=O)C(C(C)C)N(C)C(=O)OCC(CC)CCCC. The molecular weight excluding hydrogens is 378 g/mol. The lowest BCUT2D eigenvalue weighted by atomic mass is 10.0. The smallest absolute Gasteiger partial charge is 0.410 e. The van der Waals surface area contributed by atoms with Gasteiger partial charge < -0.3 is 9.47 Å². The van der Waals surface area contributed by atoms with E-state index in [0.29, 0.717) is 19.1 Å². The molecule has 0 bridgehead atoms. The van der Waals surface area contributed by atoms with Crippen LogP contribution in [0.15, 0.2) is 0 Å². The lowest BCUT2D eigenvalue weighted by molar-refractivity contribution is -0.150. The van der Waals surface area contributed by atoms with Crippen molar-refractivity contribution in [3.63, 3.8) is 0 Å². The number of nitrogens with zero attached hydrogens (tertiary/aromatic N) is 1. The Balaban J connectivity index is 4.30. The fourth-order valence-electron chi connectivity index (χ4n) is 3.67. The maximum Gasteiger partial charge on any atom is 0.410 e. The number of ether oxygens (including phenoxy) is 2. The normalized spacial score (nSPS) is 13.2. The number of esters is 1. The highest BCUT2D eigenvalue weighted by Gasteiger charge is 2.32. The fraction of sp³-hybridized carbons (Fsp3) is 0.920. The predicted octanol–water partition coefficient (Wildman–Crippen LogP) is 6.98. The molecule has 2 unspecified atom stereocenters. The van der Waals surface area contributed by atoms with Gasteiger partial charge in [0, 0.05) is 7.05 Å². The van der Waals surface area contributed by atoms with Crippen molar-refractivity contribution in [2.75, 3.05) is 20.3 Å². The molecule has 0 N–H and O–H groups in total. The van der Waals surface area contributed by atoms with E-state index in [0.717, 1.165) is 38.5 Å². The van der Waals surface area contributed by atoms with Gasteiger partial charge in [-0.25, -0.2) is 9.59 Å². The Morgan fingerprint density at radius 2 is 1.37 bits per heavy atom. The van der Waals surface area contributed by atoms with E-state index in [1.165, 1.54) is 43.4 Å². The highest BCUT2D eigenvalue weighted by molar-refractivity contribution is 5.81. The van der Waals surface area contributed by atoms with E-state index in [4.69, 9.17) is 9.47 Å². The third-order valence-corrected chi connectivity index (χ3v) is 5.81. The van der Waals surface area contributed by atoms with Crippen LogP contribution in [0.1, 0.15) is 112 Å². The Labute approximate surface area is 186 Å². The predicted molar refractivity (Wildman–Crippen MR) is 125 cm³/mol. The fourth-order valence-corrected chi connectivity index (χ4v) is 3.67. The van der Waals surface area contributed by atoms with Crippen LogP contribution in [0.25, 0.3) is 0 Å². The topological polar surface area (TPSA) is 55.8 Å². The first kappa shape index (κ1) is 28.7. The minimum absolute atomic E-state index is 0.0318. The molecule has 0 spiro atoms. The van der Waals surface area contributed by atoms with Crippen molar-refractivity contribution in [3.05, 3.63) is 0 Å². The molecule has 0 saturated heterocycles. The molecule has 178 valence electrons. The van der Waals surface area contributed by atoms with Crippen LogP contribution in [0.4, 0.5) is 4.79 Å². The summed E-state index contributed by atoms with van der Waals surface area (Å²) >= 11 is 0. The number of rotatable bonds is 18. The van der Waals surface area contributed by atoms with E-state index in [2.05, 4.69) is 20.8 Å². The molecular formula is C25H49NO4. The zero-order chi connectivity index (χ0) is 22.8. The van der Waals surface area contributed by atoms with Gasteiger partial charge in [0.05, 0.1) is 13.2 Å². The molecule has 0 radical (unpaired) electrons. The number of carbonyl (C=O) groups is 2. The van der Waals surface area contributed by atoms with Crippen molar-refractivity contribution in [2.45, 2.75) is 118 Å². The summed E-state index contributed by atoms with van der Waals surface area (Å²) in [5.41, 5.74) is 0. The molecule has 0 aliphatic carbocycles. The number of carbonyl (C=O) groups excluding carboxylic acids is 2. The minimum atomic E-state index is -0.609. The molecule has 0 aromatic heterocycles. The molecule has 0 aromatic rings. The van der Waals surface area contributed by atoms with Crippen LogP contribution in [0.3, 0.4) is 0 Å². The molecule has 0 rings (SSSR count). The minimum Gasteiger partial charge on any atom is -0.464 e. The number of hydrogen-bond acceptors (Lipinski definition) is 4. The molecule has 2 atom stereocenters. The zero-order valence-corrected chi connectivity index (χ0v) is 20.7. The summed E-state index contributed by atoms with van der Waals surface area (Å²) in [7, 11) is 1.64. The largest absolute Gasteiger partial charge is 0.464 e. The molecule has 0 aliphatic heterocycles. The van der Waals surface area contributed by atoms with Gasteiger partial charge in [0.1, 0.15) is 6.04 Å². The van der Waals surface area contributed by atoms with Crippen molar-refractivity contribution < 1.29 is 19.1 Å². The van der Waals surface area contributed by atoms with Crippen molar-refractivity contribution in [2.24, 2.45) is 11.8 Å². The summed E-state index contributed by atoms with van der Waals surface area (Å²) in [6, 6.07) is -0.609. The van der Waals surface area contributed by atoms with Crippen LogP contribution in [0, 0.1) is 11.8 Å². The molecule has 0 saturated carbocycles. The van der Waals surface area contributed by atoms with Gasteiger partial charge in [-0.05, 0) is 24.7 Å². The maximum absolute atomic E-state index is 12.6. The number of amides is 1. The third kappa shape index (κ3) is 13.1. The molecule has 0 aliphatic rings. The Hall–Kier alpha value is -1.26. The average molecular weight is 428 g/mol. The van der Waals surface area contributed by atoms with Crippen LogP contribution in [0.5, 0.6) is 0 Å². The molecule has 5 nitrogen and oxygen atoms in total. The van der Waals surface area contributed by atoms with Crippen molar-refractivity contribution in [1.29, 1.82) is 0 Å². The van der Waals surface area contributed by atoms with Gasteiger partial charge >= 0.3 is 12.1 Å². The van der Waals surface area contributed by atoms with E-state index in [1.807, 2.05) is 13.8 Å². The highest BCUT2D eigenvalue weighted by atomic mass is 16.6. The van der Waals surface area contributed by atoms with Gasteiger partial charge in [-0.15, -0.1) is 0 Å². The average Bonchev–Trinajstić information content (AvgIpc) is 2.72. The first-order valence-corrected chi connectivity index (χ1v) is 12.4. The van der Waals surface area contributed by atoms with Crippen molar-refractivity contribution >= 4 is 12.1 Å². The summed E-state index contributed by atoms with van der Waals surface area (Å²) in [4.78, 5) is 26.5. The van der Waals surface area contributed by atoms with Gasteiger partial charge in [-0.3, -0.25) is 4.90 Å². The van der Waals surface area contributed by atoms with E-state index < -0.39 is 12.1 Å². The van der Waals surface area contributed by atoms with Crippen LogP contribution in [-0.4, -0.2) is 43.3 Å². The van der Waals surface area contributed by atoms with Gasteiger partial charge in [-0.1, -0.05) is 98.8 Å². The van der Waals surface area contributed by atoms with Gasteiger partial charge in [0.15, 0.2) is 0 Å². The zero-order valence-electron chi connectivity index (χ0n) is 20.7. The second-order valence-electron chi connectivity index (χ2n) is 8.94. The third-order valence-electron chi connectivity index (χ3n) is 5.81. The number of hydrogen-bond donors (Lipinski definition) is 0. The highest BCUT2D eigenvalue weighted by Crippen LogP contribution is 2.16. The summed E-state index contributed by atoms with van der Waals surface area (Å²) < 4.78 is 11.0.